The van der Waals surface area contributed by atoms with Crippen LogP contribution in [0.5, 0.6) is 0 Å². The SMILES string of the molecule is C=CC1CC(C=C)C2C(C)C(C(=O)NCCNC3C(C(=O)NCCNC)CC4C(C=C)CC(C=C)C43)CC12. The maximum absolute atomic E-state index is 13.3. The number of amides is 2. The zero-order valence-corrected chi connectivity index (χ0v) is 23.5. The summed E-state index contributed by atoms with van der Waals surface area (Å²) >= 11 is 0. The Morgan fingerprint density at radius 1 is 0.684 bits per heavy atom. The van der Waals surface area contributed by atoms with Crippen LogP contribution in [0.3, 0.4) is 0 Å². The first-order chi connectivity index (χ1) is 18.4. The van der Waals surface area contributed by atoms with E-state index in [0.717, 1.165) is 32.2 Å². The molecule has 0 aromatic heterocycles. The van der Waals surface area contributed by atoms with E-state index in [1.807, 2.05) is 7.05 Å². The molecule has 0 heterocycles. The van der Waals surface area contributed by atoms with Crippen molar-refractivity contribution in [3.63, 3.8) is 0 Å². The molecule has 38 heavy (non-hydrogen) atoms. The van der Waals surface area contributed by atoms with Crippen LogP contribution in [-0.4, -0.2) is 51.1 Å². The van der Waals surface area contributed by atoms with Crippen molar-refractivity contribution < 1.29 is 9.59 Å². The summed E-state index contributed by atoms with van der Waals surface area (Å²) in [5.41, 5.74) is 0. The Hall–Kier alpha value is -2.18. The molecule has 210 valence electrons. The summed E-state index contributed by atoms with van der Waals surface area (Å²) in [6.07, 6.45) is 12.3. The molecule has 4 aliphatic rings. The minimum atomic E-state index is -0.0799. The van der Waals surface area contributed by atoms with Crippen molar-refractivity contribution in [2.45, 2.75) is 38.6 Å². The van der Waals surface area contributed by atoms with Gasteiger partial charge >= 0.3 is 0 Å². The van der Waals surface area contributed by atoms with E-state index in [-0.39, 0.29) is 29.7 Å². The quantitative estimate of drug-likeness (QED) is 0.220. The number of fused-ring (bicyclic) bond motifs is 2. The highest BCUT2D eigenvalue weighted by atomic mass is 16.2. The first-order valence-electron chi connectivity index (χ1n) is 14.8. The highest BCUT2D eigenvalue weighted by molar-refractivity contribution is 5.80. The van der Waals surface area contributed by atoms with Gasteiger partial charge in [0, 0.05) is 38.1 Å². The van der Waals surface area contributed by atoms with Crippen molar-refractivity contribution in [3.8, 4) is 0 Å². The van der Waals surface area contributed by atoms with Crippen molar-refractivity contribution in [1.82, 2.24) is 21.3 Å². The number of allylic oxidation sites excluding steroid dienone is 4. The second-order valence-corrected chi connectivity index (χ2v) is 12.3. The lowest BCUT2D eigenvalue weighted by Crippen LogP contribution is -2.48. The van der Waals surface area contributed by atoms with E-state index in [1.165, 1.54) is 0 Å². The smallest absolute Gasteiger partial charge is 0.224 e. The van der Waals surface area contributed by atoms with Crippen molar-refractivity contribution in [1.29, 1.82) is 0 Å². The van der Waals surface area contributed by atoms with E-state index in [0.29, 0.717) is 72.9 Å². The van der Waals surface area contributed by atoms with Crippen LogP contribution in [0.4, 0.5) is 0 Å². The Morgan fingerprint density at radius 2 is 1.18 bits per heavy atom. The largest absolute Gasteiger partial charge is 0.355 e. The maximum atomic E-state index is 13.3. The molecule has 4 aliphatic carbocycles. The zero-order chi connectivity index (χ0) is 27.4. The number of carbonyl (C=O) groups excluding carboxylic acids is 2. The van der Waals surface area contributed by atoms with E-state index < -0.39 is 0 Å². The first-order valence-corrected chi connectivity index (χ1v) is 14.8. The minimum absolute atomic E-state index is 0.0464. The topological polar surface area (TPSA) is 82.3 Å². The summed E-state index contributed by atoms with van der Waals surface area (Å²) < 4.78 is 0. The van der Waals surface area contributed by atoms with Crippen LogP contribution < -0.4 is 21.3 Å². The molecule has 0 spiro atoms. The lowest BCUT2D eigenvalue weighted by Gasteiger charge is -2.28. The van der Waals surface area contributed by atoms with Gasteiger partial charge in [-0.2, -0.15) is 0 Å². The van der Waals surface area contributed by atoms with Gasteiger partial charge in [-0.15, -0.1) is 26.3 Å². The Labute approximate surface area is 230 Å². The van der Waals surface area contributed by atoms with Gasteiger partial charge in [-0.25, -0.2) is 0 Å². The maximum Gasteiger partial charge on any atom is 0.224 e. The number of nitrogens with one attached hydrogen (secondary N) is 4. The van der Waals surface area contributed by atoms with Crippen LogP contribution in [0.1, 0.15) is 32.6 Å². The number of likely N-dealkylation sites (N-methyl/N-ethyl adjacent to an activating group) is 1. The van der Waals surface area contributed by atoms with Gasteiger partial charge in [0.1, 0.15) is 0 Å². The van der Waals surface area contributed by atoms with Gasteiger partial charge in [-0.1, -0.05) is 31.2 Å². The van der Waals surface area contributed by atoms with Crippen molar-refractivity contribution >= 4 is 11.8 Å². The normalized spacial score (nSPS) is 41.2. The predicted octanol–water partition coefficient (Wildman–Crippen LogP) is 3.55. The van der Waals surface area contributed by atoms with Gasteiger partial charge in [0.2, 0.25) is 11.8 Å². The standard InChI is InChI=1S/C32H50N4O2/c1-7-20-15-22(9-3)28-19(5)24(17-25(20)28)31(37)36-14-13-34-30-27(32(38)35-12-11-33-6)18-26-21(8-2)16-23(10-4)29(26)30/h7-10,19-30,33-34H,1-4,11-18H2,5-6H3,(H,35,38)(H,36,37). The molecule has 0 aromatic carbocycles. The number of carbonyl (C=O) groups is 2. The van der Waals surface area contributed by atoms with Gasteiger partial charge < -0.3 is 21.3 Å². The van der Waals surface area contributed by atoms with E-state index in [2.05, 4.69) is 78.8 Å². The third-order valence-corrected chi connectivity index (χ3v) is 10.7. The van der Waals surface area contributed by atoms with Gasteiger partial charge in [0.05, 0.1) is 5.92 Å². The van der Waals surface area contributed by atoms with E-state index in [9.17, 15) is 9.59 Å². The van der Waals surface area contributed by atoms with Crippen LogP contribution in [0.15, 0.2) is 50.6 Å². The van der Waals surface area contributed by atoms with E-state index >= 15 is 0 Å². The highest BCUT2D eigenvalue weighted by Crippen LogP contribution is 2.56. The molecule has 4 N–H and O–H groups in total. The first kappa shape index (κ1) is 28.8. The van der Waals surface area contributed by atoms with Gasteiger partial charge in [-0.05, 0) is 86.0 Å². The fourth-order valence-corrected chi connectivity index (χ4v) is 8.90. The average molecular weight is 523 g/mol. The van der Waals surface area contributed by atoms with Crippen molar-refractivity contribution in [2.24, 2.45) is 65.1 Å². The molecule has 12 unspecified atom stereocenters. The summed E-state index contributed by atoms with van der Waals surface area (Å²) in [4.78, 5) is 26.5. The van der Waals surface area contributed by atoms with Gasteiger partial charge in [0.25, 0.3) is 0 Å². The molecular weight excluding hydrogens is 472 g/mol. The molecule has 6 heteroatoms. The fraction of sp³-hybridized carbons (Fsp3) is 0.688. The van der Waals surface area contributed by atoms with E-state index in [1.54, 1.807) is 0 Å². The lowest BCUT2D eigenvalue weighted by atomic mass is 9.83. The molecule has 6 nitrogen and oxygen atoms in total. The molecule has 0 aliphatic heterocycles. The highest BCUT2D eigenvalue weighted by Gasteiger charge is 2.55. The van der Waals surface area contributed by atoms with Gasteiger partial charge in [0.15, 0.2) is 0 Å². The minimum Gasteiger partial charge on any atom is -0.355 e. The summed E-state index contributed by atoms with van der Waals surface area (Å²) in [5.74, 6) is 4.24. The molecule has 0 aromatic rings. The Morgan fingerprint density at radius 3 is 1.76 bits per heavy atom. The van der Waals surface area contributed by atoms with Crippen LogP contribution in [0, 0.1) is 65.1 Å². The molecule has 0 radical (unpaired) electrons. The second kappa shape index (κ2) is 12.8. The Kier molecular flexibility index (Phi) is 9.69. The molecule has 4 rings (SSSR count). The fourth-order valence-electron chi connectivity index (χ4n) is 8.90. The summed E-state index contributed by atoms with van der Waals surface area (Å²) in [7, 11) is 1.89. The summed E-state index contributed by atoms with van der Waals surface area (Å²) in [6, 6.07) is 0.0749. The Balaban J connectivity index is 1.35. The Bertz CT molecular complexity index is 902. The monoisotopic (exact) mass is 522 g/mol. The molecule has 4 saturated carbocycles. The molecule has 4 fully saturated rings. The number of hydrogen-bond donors (Lipinski definition) is 4. The van der Waals surface area contributed by atoms with Gasteiger partial charge in [-0.3, -0.25) is 9.59 Å². The second-order valence-electron chi connectivity index (χ2n) is 12.3. The molecule has 0 saturated heterocycles. The van der Waals surface area contributed by atoms with E-state index in [4.69, 9.17) is 0 Å². The van der Waals surface area contributed by atoms with Crippen LogP contribution in [0.25, 0.3) is 0 Å². The lowest BCUT2D eigenvalue weighted by molar-refractivity contribution is -0.127. The third-order valence-electron chi connectivity index (χ3n) is 10.7. The van der Waals surface area contributed by atoms with Crippen LogP contribution in [-0.2, 0) is 9.59 Å². The summed E-state index contributed by atoms with van der Waals surface area (Å²) in [6.45, 7) is 21.2. The molecule has 0 bridgehead atoms. The predicted molar refractivity (Wildman–Crippen MR) is 155 cm³/mol. The number of rotatable bonds is 13. The van der Waals surface area contributed by atoms with Crippen molar-refractivity contribution in [3.05, 3.63) is 50.6 Å². The molecule has 2 amide bonds. The third kappa shape index (κ3) is 5.44. The van der Waals surface area contributed by atoms with Crippen LogP contribution in [0.2, 0.25) is 0 Å². The molecule has 12 atom stereocenters. The summed E-state index contributed by atoms with van der Waals surface area (Å²) in [5, 5.41) is 13.2. The van der Waals surface area contributed by atoms with Crippen LogP contribution >= 0.6 is 0 Å². The molecular formula is C32H50N4O2. The zero-order valence-electron chi connectivity index (χ0n) is 23.5. The van der Waals surface area contributed by atoms with Crippen molar-refractivity contribution in [2.75, 3.05) is 33.2 Å². The number of hydrogen-bond acceptors (Lipinski definition) is 4. The average Bonchev–Trinajstić information content (AvgIpc) is 3.66.